The number of benzene rings is 3. The van der Waals surface area contributed by atoms with Crippen molar-refractivity contribution in [3.8, 4) is 0 Å². The summed E-state index contributed by atoms with van der Waals surface area (Å²) >= 11 is 7.65. The normalized spacial score (nSPS) is 15.2. The lowest BCUT2D eigenvalue weighted by Gasteiger charge is -2.25. The van der Waals surface area contributed by atoms with Crippen LogP contribution in [0.15, 0.2) is 99.9 Å². The van der Waals surface area contributed by atoms with Gasteiger partial charge in [-0.2, -0.15) is 0 Å². The Bertz CT molecular complexity index is 1690. The number of carbonyl (C=O) groups excluding carboxylic acids is 1. The number of amides is 1. The van der Waals surface area contributed by atoms with Gasteiger partial charge in [0.05, 0.1) is 21.8 Å². The molecule has 4 aromatic rings. The van der Waals surface area contributed by atoms with Crippen LogP contribution in [0.2, 0.25) is 5.02 Å². The average molecular weight is 529 g/mol. The van der Waals surface area contributed by atoms with Crippen molar-refractivity contribution in [1.29, 1.82) is 0 Å². The van der Waals surface area contributed by atoms with Crippen LogP contribution in [0, 0.1) is 0 Å². The van der Waals surface area contributed by atoms with Crippen molar-refractivity contribution in [2.75, 3.05) is 24.3 Å². The molecule has 186 valence electrons. The summed E-state index contributed by atoms with van der Waals surface area (Å²) in [5.41, 5.74) is 4.14. The molecule has 1 N–H and O–H groups in total. The van der Waals surface area contributed by atoms with Crippen LogP contribution < -0.4 is 25.1 Å². The number of thiazole rings is 1. The highest BCUT2D eigenvalue weighted by atomic mass is 35.5. The van der Waals surface area contributed by atoms with E-state index >= 15 is 0 Å². The molecule has 1 amide bonds. The Balaban J connectivity index is 1.65. The maximum Gasteiger partial charge on any atom is 0.271 e. The molecule has 0 saturated carbocycles. The van der Waals surface area contributed by atoms with Gasteiger partial charge < -0.3 is 10.2 Å². The molecule has 0 aliphatic carbocycles. The number of hydrogen-bond donors (Lipinski definition) is 1. The zero-order valence-corrected chi connectivity index (χ0v) is 22.2. The Morgan fingerprint density at radius 2 is 1.78 bits per heavy atom. The summed E-state index contributed by atoms with van der Waals surface area (Å²) in [5, 5.41) is 3.48. The highest BCUT2D eigenvalue weighted by Gasteiger charge is 2.32. The van der Waals surface area contributed by atoms with Gasteiger partial charge in [-0.05, 0) is 60.5 Å². The molecule has 6 nitrogen and oxygen atoms in total. The Morgan fingerprint density at radius 3 is 2.46 bits per heavy atom. The lowest BCUT2D eigenvalue weighted by molar-refractivity contribution is -0.113. The summed E-state index contributed by atoms with van der Waals surface area (Å²) in [6, 6.07) is 23.8. The minimum Gasteiger partial charge on any atom is -0.378 e. The quantitative estimate of drug-likeness (QED) is 0.412. The van der Waals surface area contributed by atoms with Crippen molar-refractivity contribution in [3.63, 3.8) is 0 Å². The van der Waals surface area contributed by atoms with Crippen LogP contribution >= 0.6 is 22.9 Å². The lowest BCUT2D eigenvalue weighted by atomic mass is 9.95. The number of fused-ring (bicyclic) bond motifs is 1. The van der Waals surface area contributed by atoms with Gasteiger partial charge >= 0.3 is 0 Å². The second-order valence-corrected chi connectivity index (χ2v) is 10.4. The molecule has 1 atom stereocenters. The molecule has 8 heteroatoms. The van der Waals surface area contributed by atoms with Crippen LogP contribution in [0.1, 0.15) is 24.1 Å². The summed E-state index contributed by atoms with van der Waals surface area (Å²) in [5.74, 6) is -0.314. The van der Waals surface area contributed by atoms with Gasteiger partial charge in [0.2, 0.25) is 0 Å². The van der Waals surface area contributed by atoms with Crippen LogP contribution in [0.25, 0.3) is 6.08 Å². The van der Waals surface area contributed by atoms with E-state index in [1.165, 1.54) is 11.3 Å². The molecule has 5 rings (SSSR count). The van der Waals surface area contributed by atoms with Crippen molar-refractivity contribution < 1.29 is 4.79 Å². The van der Waals surface area contributed by atoms with E-state index < -0.39 is 6.04 Å². The van der Waals surface area contributed by atoms with E-state index in [9.17, 15) is 9.59 Å². The number of allylic oxidation sites excluding steroid dienone is 1. The monoisotopic (exact) mass is 528 g/mol. The Hall–Kier alpha value is -3.94. The number of nitrogens with zero attached hydrogens (tertiary/aromatic N) is 3. The number of carbonyl (C=O) groups is 1. The molecule has 0 radical (unpaired) electrons. The van der Waals surface area contributed by atoms with Crippen molar-refractivity contribution in [1.82, 2.24) is 4.57 Å². The van der Waals surface area contributed by atoms with Crippen LogP contribution in [0.5, 0.6) is 0 Å². The molecule has 2 heterocycles. The standard InChI is InChI=1S/C29H25ClN4O2S/c1-18-25(27(35)32-22-10-5-4-6-11-22)26(20-8-7-9-21(30)17-20)34-28(36)24(37-29(34)31-18)16-19-12-14-23(15-13-19)33(2)3/h4-17,26H,1-3H3,(H,32,35). The number of halogens is 1. The fraction of sp³-hybridized carbons (Fsp3) is 0.138. The summed E-state index contributed by atoms with van der Waals surface area (Å²) < 4.78 is 2.14. The maximum atomic E-state index is 13.8. The Kier molecular flexibility index (Phi) is 6.82. The molecular formula is C29H25ClN4O2S. The third kappa shape index (κ3) is 5.01. The van der Waals surface area contributed by atoms with Crippen LogP contribution in [0.4, 0.5) is 11.4 Å². The molecule has 1 unspecified atom stereocenters. The average Bonchev–Trinajstić information content (AvgIpc) is 3.18. The second kappa shape index (κ2) is 10.2. The van der Waals surface area contributed by atoms with Gasteiger partial charge in [-0.15, -0.1) is 0 Å². The van der Waals surface area contributed by atoms with Gasteiger partial charge in [-0.25, -0.2) is 4.99 Å². The summed E-state index contributed by atoms with van der Waals surface area (Å²) in [6.07, 6.45) is 1.86. The molecule has 1 aliphatic heterocycles. The smallest absolute Gasteiger partial charge is 0.271 e. The first kappa shape index (κ1) is 24.7. The molecular weight excluding hydrogens is 504 g/mol. The number of hydrogen-bond acceptors (Lipinski definition) is 5. The maximum absolute atomic E-state index is 13.8. The lowest BCUT2D eigenvalue weighted by Crippen LogP contribution is -2.40. The first-order chi connectivity index (χ1) is 17.8. The minimum absolute atomic E-state index is 0.206. The highest BCUT2D eigenvalue weighted by Crippen LogP contribution is 2.32. The van der Waals surface area contributed by atoms with Crippen molar-refractivity contribution in [3.05, 3.63) is 126 Å². The predicted octanol–water partition coefficient (Wildman–Crippen LogP) is 4.59. The van der Waals surface area contributed by atoms with Gasteiger partial charge in [-0.1, -0.05) is 65.4 Å². The predicted molar refractivity (Wildman–Crippen MR) is 151 cm³/mol. The molecule has 3 aromatic carbocycles. The molecule has 0 fully saturated rings. The number of rotatable bonds is 5. The second-order valence-electron chi connectivity index (χ2n) is 8.94. The van der Waals surface area contributed by atoms with Gasteiger partial charge in [0.1, 0.15) is 0 Å². The number of para-hydroxylation sites is 1. The van der Waals surface area contributed by atoms with Crippen molar-refractivity contribution in [2.45, 2.75) is 13.0 Å². The van der Waals surface area contributed by atoms with Crippen LogP contribution in [-0.4, -0.2) is 24.6 Å². The topological polar surface area (TPSA) is 66.7 Å². The SMILES string of the molecule is CC1=C(C(=O)Nc2ccccc2)C(c2cccc(Cl)c2)n2c(sc(=Cc3ccc(N(C)C)cc3)c2=O)=N1. The van der Waals surface area contributed by atoms with Gasteiger partial charge in [0, 0.05) is 30.5 Å². The Labute approximate surface area is 223 Å². The minimum atomic E-state index is -0.670. The molecule has 1 aliphatic rings. The number of anilines is 2. The van der Waals surface area contributed by atoms with Crippen LogP contribution in [0.3, 0.4) is 0 Å². The van der Waals surface area contributed by atoms with E-state index in [0.29, 0.717) is 31.3 Å². The van der Waals surface area contributed by atoms with E-state index in [2.05, 4.69) is 10.3 Å². The van der Waals surface area contributed by atoms with E-state index in [1.54, 1.807) is 23.6 Å². The Morgan fingerprint density at radius 1 is 1.05 bits per heavy atom. The van der Waals surface area contributed by atoms with E-state index in [1.807, 2.05) is 91.8 Å². The van der Waals surface area contributed by atoms with Gasteiger partial charge in [0.25, 0.3) is 11.5 Å². The summed E-state index contributed by atoms with van der Waals surface area (Å²) in [6.45, 7) is 1.80. The molecule has 0 saturated heterocycles. The van der Waals surface area contributed by atoms with Crippen LogP contribution in [-0.2, 0) is 4.79 Å². The molecule has 0 bridgehead atoms. The van der Waals surface area contributed by atoms with Crippen molar-refractivity contribution in [2.24, 2.45) is 4.99 Å². The van der Waals surface area contributed by atoms with Gasteiger partial charge in [0.15, 0.2) is 4.80 Å². The fourth-order valence-electron chi connectivity index (χ4n) is 4.34. The van der Waals surface area contributed by atoms with E-state index in [-0.39, 0.29) is 11.5 Å². The third-order valence-electron chi connectivity index (χ3n) is 6.17. The van der Waals surface area contributed by atoms with E-state index in [0.717, 1.165) is 16.8 Å². The van der Waals surface area contributed by atoms with Crippen molar-refractivity contribution >= 4 is 46.3 Å². The highest BCUT2D eigenvalue weighted by molar-refractivity contribution is 7.07. The number of nitrogens with one attached hydrogen (secondary N) is 1. The zero-order valence-electron chi connectivity index (χ0n) is 20.6. The number of aromatic nitrogens is 1. The molecule has 37 heavy (non-hydrogen) atoms. The summed E-state index contributed by atoms with van der Waals surface area (Å²) in [7, 11) is 3.97. The first-order valence-electron chi connectivity index (χ1n) is 11.7. The molecule has 0 spiro atoms. The summed E-state index contributed by atoms with van der Waals surface area (Å²) in [4.78, 5) is 34.6. The first-order valence-corrected chi connectivity index (χ1v) is 12.9. The third-order valence-corrected chi connectivity index (χ3v) is 7.39. The molecule has 1 aromatic heterocycles. The largest absolute Gasteiger partial charge is 0.378 e. The van der Waals surface area contributed by atoms with E-state index in [4.69, 9.17) is 11.6 Å². The zero-order chi connectivity index (χ0) is 26.1. The fourth-order valence-corrected chi connectivity index (χ4v) is 5.59. The van der Waals surface area contributed by atoms with Gasteiger partial charge in [-0.3, -0.25) is 14.2 Å².